The van der Waals surface area contributed by atoms with Crippen LogP contribution in [0.2, 0.25) is 0 Å². The fourth-order valence-electron chi connectivity index (χ4n) is 2.25. The van der Waals surface area contributed by atoms with Gasteiger partial charge in [-0.15, -0.1) is 0 Å². The Morgan fingerprint density at radius 3 is 2.37 bits per heavy atom. The first-order chi connectivity index (χ1) is 12.7. The summed E-state index contributed by atoms with van der Waals surface area (Å²) in [5.41, 5.74) is 0.999. The molecule has 0 aliphatic heterocycles. The highest BCUT2D eigenvalue weighted by atomic mass is 19.4. The van der Waals surface area contributed by atoms with Gasteiger partial charge in [0.1, 0.15) is 6.54 Å². The third-order valence-corrected chi connectivity index (χ3v) is 3.49. The fourth-order valence-corrected chi connectivity index (χ4v) is 2.25. The molecule has 0 spiro atoms. The van der Waals surface area contributed by atoms with Crippen LogP contribution in [0.25, 0.3) is 0 Å². The minimum atomic E-state index is -4.49. The third-order valence-electron chi connectivity index (χ3n) is 3.49. The van der Waals surface area contributed by atoms with Gasteiger partial charge in [0, 0.05) is 18.8 Å². The van der Waals surface area contributed by atoms with Gasteiger partial charge in [-0.2, -0.15) is 13.2 Å². The number of nitrogens with zero attached hydrogens (tertiary/aromatic N) is 2. The average molecular weight is 382 g/mol. The van der Waals surface area contributed by atoms with Crippen molar-refractivity contribution in [1.29, 1.82) is 0 Å². The minimum absolute atomic E-state index is 0.0590. The van der Waals surface area contributed by atoms with Crippen molar-refractivity contribution in [3.63, 3.8) is 0 Å². The summed E-state index contributed by atoms with van der Waals surface area (Å²) in [6.07, 6.45) is -2.97. The van der Waals surface area contributed by atoms with Crippen molar-refractivity contribution >= 4 is 11.9 Å². The molecular formula is C18H17F3N2O4. The SMILES string of the molecule is O=C(O)CN(CCc1ccccc1)C(=O)c1ccc(OCC(F)(F)F)nc1. The van der Waals surface area contributed by atoms with Gasteiger partial charge in [-0.3, -0.25) is 9.59 Å². The Bertz CT molecular complexity index is 764. The summed E-state index contributed by atoms with van der Waals surface area (Å²) in [6.45, 7) is -1.82. The van der Waals surface area contributed by atoms with Crippen LogP contribution in [0.15, 0.2) is 48.7 Å². The number of carbonyl (C=O) groups is 2. The Labute approximate surface area is 153 Å². The van der Waals surface area contributed by atoms with Gasteiger partial charge in [0.2, 0.25) is 5.88 Å². The van der Waals surface area contributed by atoms with Crippen LogP contribution < -0.4 is 4.74 Å². The van der Waals surface area contributed by atoms with Gasteiger partial charge in [0.15, 0.2) is 6.61 Å². The van der Waals surface area contributed by atoms with Gasteiger partial charge in [0.05, 0.1) is 5.56 Å². The summed E-state index contributed by atoms with van der Waals surface area (Å²) in [4.78, 5) is 28.4. The average Bonchev–Trinajstić information content (AvgIpc) is 2.63. The number of benzene rings is 1. The van der Waals surface area contributed by atoms with E-state index in [0.29, 0.717) is 6.42 Å². The van der Waals surface area contributed by atoms with Crippen LogP contribution in [0.4, 0.5) is 13.2 Å². The van der Waals surface area contributed by atoms with Gasteiger partial charge < -0.3 is 14.7 Å². The molecule has 0 saturated heterocycles. The lowest BCUT2D eigenvalue weighted by molar-refractivity contribution is -0.154. The molecule has 0 unspecified atom stereocenters. The van der Waals surface area contributed by atoms with Crippen molar-refractivity contribution in [2.75, 3.05) is 19.7 Å². The molecule has 9 heteroatoms. The lowest BCUT2D eigenvalue weighted by atomic mass is 10.1. The Kier molecular flexibility index (Phi) is 6.75. The van der Waals surface area contributed by atoms with Crippen LogP contribution in [0.3, 0.4) is 0 Å². The largest absolute Gasteiger partial charge is 0.480 e. The van der Waals surface area contributed by atoms with E-state index in [1.807, 2.05) is 30.3 Å². The van der Waals surface area contributed by atoms with Crippen LogP contribution in [0.1, 0.15) is 15.9 Å². The Morgan fingerprint density at radius 2 is 1.81 bits per heavy atom. The molecular weight excluding hydrogens is 365 g/mol. The Morgan fingerprint density at radius 1 is 1.11 bits per heavy atom. The first-order valence-corrected chi connectivity index (χ1v) is 7.95. The molecule has 0 bridgehead atoms. The van der Waals surface area contributed by atoms with E-state index in [-0.39, 0.29) is 18.0 Å². The molecule has 2 aromatic rings. The zero-order valence-corrected chi connectivity index (χ0v) is 14.1. The molecule has 0 aliphatic carbocycles. The lowest BCUT2D eigenvalue weighted by Crippen LogP contribution is -2.37. The van der Waals surface area contributed by atoms with Crippen molar-refractivity contribution in [2.45, 2.75) is 12.6 Å². The molecule has 27 heavy (non-hydrogen) atoms. The second-order valence-electron chi connectivity index (χ2n) is 5.65. The molecule has 1 aromatic carbocycles. The molecule has 0 saturated carbocycles. The van der Waals surface area contributed by atoms with Gasteiger partial charge in [0.25, 0.3) is 5.91 Å². The minimum Gasteiger partial charge on any atom is -0.480 e. The quantitative estimate of drug-likeness (QED) is 0.760. The molecule has 144 valence electrons. The molecule has 6 nitrogen and oxygen atoms in total. The molecule has 0 radical (unpaired) electrons. The van der Waals surface area contributed by atoms with E-state index in [1.165, 1.54) is 6.07 Å². The fraction of sp³-hybridized carbons (Fsp3) is 0.278. The first kappa shape index (κ1) is 20.2. The van der Waals surface area contributed by atoms with E-state index >= 15 is 0 Å². The van der Waals surface area contributed by atoms with E-state index in [9.17, 15) is 22.8 Å². The number of carboxylic acids is 1. The number of carboxylic acid groups (broad SMARTS) is 1. The Balaban J connectivity index is 2.04. The maximum absolute atomic E-state index is 12.5. The molecule has 1 heterocycles. The predicted octanol–water partition coefficient (Wildman–Crippen LogP) is 2.79. The number of pyridine rings is 1. The standard InChI is InChI=1S/C18H17F3N2O4/c19-18(20,21)12-27-15-7-6-14(10-22-15)17(26)23(11-16(24)25)9-8-13-4-2-1-3-5-13/h1-7,10H,8-9,11-12H2,(H,24,25). The van der Waals surface area contributed by atoms with Crippen molar-refractivity contribution in [3.05, 3.63) is 59.8 Å². The topological polar surface area (TPSA) is 79.7 Å². The number of hydrogen-bond donors (Lipinski definition) is 1. The molecule has 1 amide bonds. The second-order valence-corrected chi connectivity index (χ2v) is 5.65. The Hall–Kier alpha value is -3.10. The van der Waals surface area contributed by atoms with Crippen LogP contribution in [0, 0.1) is 0 Å². The zero-order valence-electron chi connectivity index (χ0n) is 14.1. The maximum Gasteiger partial charge on any atom is 0.422 e. The summed E-state index contributed by atoms with van der Waals surface area (Å²) in [5.74, 6) is -2.03. The highest BCUT2D eigenvalue weighted by molar-refractivity contribution is 5.95. The number of aliphatic carboxylic acids is 1. The van der Waals surface area contributed by atoms with E-state index in [0.717, 1.165) is 22.7 Å². The number of aromatic nitrogens is 1. The van der Waals surface area contributed by atoms with Crippen molar-refractivity contribution < 1.29 is 32.6 Å². The first-order valence-electron chi connectivity index (χ1n) is 7.95. The summed E-state index contributed by atoms with van der Waals surface area (Å²) in [6, 6.07) is 11.6. The van der Waals surface area contributed by atoms with Gasteiger partial charge in [-0.05, 0) is 18.1 Å². The van der Waals surface area contributed by atoms with Crippen molar-refractivity contribution in [2.24, 2.45) is 0 Å². The highest BCUT2D eigenvalue weighted by Crippen LogP contribution is 2.17. The summed E-state index contributed by atoms with van der Waals surface area (Å²) >= 11 is 0. The number of hydrogen-bond acceptors (Lipinski definition) is 4. The molecule has 1 aromatic heterocycles. The van der Waals surface area contributed by atoms with Crippen molar-refractivity contribution in [3.8, 4) is 5.88 Å². The lowest BCUT2D eigenvalue weighted by Gasteiger charge is -2.21. The second kappa shape index (κ2) is 9.02. The van der Waals surface area contributed by atoms with Crippen LogP contribution in [0.5, 0.6) is 5.88 Å². The van der Waals surface area contributed by atoms with Crippen LogP contribution in [-0.4, -0.2) is 52.7 Å². The monoisotopic (exact) mass is 382 g/mol. The van der Waals surface area contributed by atoms with E-state index in [2.05, 4.69) is 9.72 Å². The van der Waals surface area contributed by atoms with E-state index < -0.39 is 31.2 Å². The molecule has 0 atom stereocenters. The maximum atomic E-state index is 12.5. The van der Waals surface area contributed by atoms with Crippen molar-refractivity contribution in [1.82, 2.24) is 9.88 Å². The van der Waals surface area contributed by atoms with Crippen LogP contribution >= 0.6 is 0 Å². The number of alkyl halides is 3. The predicted molar refractivity (Wildman–Crippen MR) is 89.5 cm³/mol. The number of halogens is 3. The molecule has 1 N–H and O–H groups in total. The van der Waals surface area contributed by atoms with Gasteiger partial charge in [-0.1, -0.05) is 30.3 Å². The van der Waals surface area contributed by atoms with E-state index in [1.54, 1.807) is 0 Å². The smallest absolute Gasteiger partial charge is 0.422 e. The number of ether oxygens (including phenoxy) is 1. The number of rotatable bonds is 8. The van der Waals surface area contributed by atoms with Gasteiger partial charge >= 0.3 is 12.1 Å². The molecule has 2 rings (SSSR count). The summed E-state index contributed by atoms with van der Waals surface area (Å²) < 4.78 is 40.9. The number of carbonyl (C=O) groups excluding carboxylic acids is 1. The highest BCUT2D eigenvalue weighted by Gasteiger charge is 2.28. The third kappa shape index (κ3) is 6.96. The van der Waals surface area contributed by atoms with Crippen LogP contribution in [-0.2, 0) is 11.2 Å². The molecule has 0 aliphatic rings. The van der Waals surface area contributed by atoms with Gasteiger partial charge in [-0.25, -0.2) is 4.98 Å². The van der Waals surface area contributed by atoms with E-state index in [4.69, 9.17) is 5.11 Å². The normalized spacial score (nSPS) is 11.1. The number of amides is 1. The summed E-state index contributed by atoms with van der Waals surface area (Å²) in [5, 5.41) is 9.03. The molecule has 0 fully saturated rings. The summed E-state index contributed by atoms with van der Waals surface area (Å²) in [7, 11) is 0. The zero-order chi connectivity index (χ0) is 19.9.